The standard InChI is InChI=1S/C21H25N3/c1-15-4-3-5-17(12-15)18-6-7-21-19(13-18)20(14-24(21)22)16-8-10-23(2)11-9-16/h3-7,12-14,16H,8-11,22H2,1-2H3. The maximum Gasteiger partial charge on any atom is 0.0693 e. The second-order valence-corrected chi connectivity index (χ2v) is 7.17. The number of likely N-dealkylation sites (tertiary alicyclic amines) is 1. The molecule has 124 valence electrons. The van der Waals surface area contributed by atoms with Gasteiger partial charge in [-0.3, -0.25) is 4.68 Å². The number of fused-ring (bicyclic) bond motifs is 1. The second-order valence-electron chi connectivity index (χ2n) is 7.17. The van der Waals surface area contributed by atoms with Crippen LogP contribution in [0.3, 0.4) is 0 Å². The van der Waals surface area contributed by atoms with Gasteiger partial charge in [-0.15, -0.1) is 0 Å². The average molecular weight is 319 g/mol. The molecule has 2 heterocycles. The van der Waals surface area contributed by atoms with Gasteiger partial charge in [-0.2, -0.15) is 0 Å². The maximum atomic E-state index is 6.23. The molecule has 24 heavy (non-hydrogen) atoms. The monoisotopic (exact) mass is 319 g/mol. The van der Waals surface area contributed by atoms with Crippen molar-refractivity contribution in [2.45, 2.75) is 25.7 Å². The van der Waals surface area contributed by atoms with Gasteiger partial charge in [-0.1, -0.05) is 35.9 Å². The molecule has 1 aliphatic heterocycles. The Morgan fingerprint density at radius 2 is 1.75 bits per heavy atom. The molecule has 2 aromatic carbocycles. The van der Waals surface area contributed by atoms with Crippen LogP contribution in [0.25, 0.3) is 22.0 Å². The minimum absolute atomic E-state index is 0.612. The topological polar surface area (TPSA) is 34.2 Å². The minimum Gasteiger partial charge on any atom is -0.339 e. The summed E-state index contributed by atoms with van der Waals surface area (Å²) in [6, 6.07) is 15.4. The van der Waals surface area contributed by atoms with Gasteiger partial charge in [0.05, 0.1) is 5.52 Å². The van der Waals surface area contributed by atoms with Gasteiger partial charge < -0.3 is 10.7 Å². The third-order valence-electron chi connectivity index (χ3n) is 5.37. The van der Waals surface area contributed by atoms with Crippen LogP contribution in [0.4, 0.5) is 0 Å². The number of hydrogen-bond donors (Lipinski definition) is 1. The van der Waals surface area contributed by atoms with Crippen molar-refractivity contribution in [2.24, 2.45) is 0 Å². The largest absolute Gasteiger partial charge is 0.339 e. The van der Waals surface area contributed by atoms with Crippen LogP contribution in [-0.4, -0.2) is 29.7 Å². The molecule has 0 aliphatic carbocycles. The molecule has 0 bridgehead atoms. The fraction of sp³-hybridized carbons (Fsp3) is 0.333. The van der Waals surface area contributed by atoms with Crippen LogP contribution in [0.15, 0.2) is 48.7 Å². The minimum atomic E-state index is 0.612. The van der Waals surface area contributed by atoms with Crippen molar-refractivity contribution < 1.29 is 0 Å². The van der Waals surface area contributed by atoms with Gasteiger partial charge >= 0.3 is 0 Å². The van der Waals surface area contributed by atoms with Crippen LogP contribution in [0.1, 0.15) is 29.9 Å². The molecule has 1 aromatic heterocycles. The van der Waals surface area contributed by atoms with Crippen LogP contribution in [0, 0.1) is 6.92 Å². The summed E-state index contributed by atoms with van der Waals surface area (Å²) in [5.74, 6) is 6.84. The quantitative estimate of drug-likeness (QED) is 0.720. The van der Waals surface area contributed by atoms with Crippen molar-refractivity contribution in [2.75, 3.05) is 26.0 Å². The van der Waals surface area contributed by atoms with E-state index >= 15 is 0 Å². The summed E-state index contributed by atoms with van der Waals surface area (Å²) in [5.41, 5.74) is 6.37. The third kappa shape index (κ3) is 2.69. The van der Waals surface area contributed by atoms with Crippen molar-refractivity contribution >= 4 is 10.9 Å². The van der Waals surface area contributed by atoms with E-state index in [1.807, 2.05) is 0 Å². The van der Waals surface area contributed by atoms with Crippen LogP contribution >= 0.6 is 0 Å². The van der Waals surface area contributed by atoms with Gasteiger partial charge in [-0.05, 0) is 74.6 Å². The molecule has 3 nitrogen and oxygen atoms in total. The van der Waals surface area contributed by atoms with E-state index in [9.17, 15) is 0 Å². The lowest BCUT2D eigenvalue weighted by molar-refractivity contribution is 0.256. The predicted octanol–water partition coefficient (Wildman–Crippen LogP) is 4.14. The SMILES string of the molecule is Cc1cccc(-c2ccc3c(c2)c(C2CCN(C)CC2)cn3N)c1. The highest BCUT2D eigenvalue weighted by atomic mass is 15.3. The maximum absolute atomic E-state index is 6.23. The van der Waals surface area contributed by atoms with Gasteiger partial charge in [0.25, 0.3) is 0 Å². The predicted molar refractivity (Wildman–Crippen MR) is 102 cm³/mol. The summed E-state index contributed by atoms with van der Waals surface area (Å²) in [5, 5.41) is 1.31. The number of nitrogens with zero attached hydrogens (tertiary/aromatic N) is 2. The molecule has 1 fully saturated rings. The number of aryl methyl sites for hydroxylation is 1. The van der Waals surface area contributed by atoms with Crippen molar-refractivity contribution in [3.63, 3.8) is 0 Å². The first kappa shape index (κ1) is 15.3. The highest BCUT2D eigenvalue weighted by molar-refractivity contribution is 5.89. The van der Waals surface area contributed by atoms with Gasteiger partial charge in [0.2, 0.25) is 0 Å². The smallest absolute Gasteiger partial charge is 0.0693 e. The molecule has 2 N–H and O–H groups in total. The zero-order valence-corrected chi connectivity index (χ0v) is 14.5. The second kappa shape index (κ2) is 5.99. The summed E-state index contributed by atoms with van der Waals surface area (Å²) in [6.07, 6.45) is 4.56. The summed E-state index contributed by atoms with van der Waals surface area (Å²) < 4.78 is 1.79. The number of nitrogen functional groups attached to an aromatic ring is 1. The van der Waals surface area contributed by atoms with E-state index in [2.05, 4.69) is 67.5 Å². The van der Waals surface area contributed by atoms with Gasteiger partial charge in [0.1, 0.15) is 0 Å². The molecule has 0 spiro atoms. The molecule has 0 saturated carbocycles. The van der Waals surface area contributed by atoms with Crippen molar-refractivity contribution in [1.82, 2.24) is 9.58 Å². The first-order chi connectivity index (χ1) is 11.6. The number of benzene rings is 2. The average Bonchev–Trinajstić information content (AvgIpc) is 2.92. The molecule has 0 unspecified atom stereocenters. The number of aromatic nitrogens is 1. The third-order valence-corrected chi connectivity index (χ3v) is 5.37. The van der Waals surface area contributed by atoms with Gasteiger partial charge in [0, 0.05) is 11.6 Å². The summed E-state index contributed by atoms with van der Waals surface area (Å²) in [4.78, 5) is 2.41. The molecule has 0 amide bonds. The van der Waals surface area contributed by atoms with Gasteiger partial charge in [0.15, 0.2) is 0 Å². The first-order valence-corrected chi connectivity index (χ1v) is 8.77. The van der Waals surface area contributed by atoms with Gasteiger partial charge in [-0.25, -0.2) is 0 Å². The van der Waals surface area contributed by atoms with Crippen LogP contribution < -0.4 is 5.84 Å². The lowest BCUT2D eigenvalue weighted by Crippen LogP contribution is -2.29. The lowest BCUT2D eigenvalue weighted by Gasteiger charge is -2.28. The highest BCUT2D eigenvalue weighted by Gasteiger charge is 2.22. The number of rotatable bonds is 2. The Bertz CT molecular complexity index is 870. The summed E-state index contributed by atoms with van der Waals surface area (Å²) >= 11 is 0. The van der Waals surface area contributed by atoms with E-state index in [0.29, 0.717) is 5.92 Å². The Balaban J connectivity index is 1.79. The van der Waals surface area contributed by atoms with E-state index < -0.39 is 0 Å². The summed E-state index contributed by atoms with van der Waals surface area (Å²) in [7, 11) is 2.21. The van der Waals surface area contributed by atoms with Crippen LogP contribution in [0.5, 0.6) is 0 Å². The Morgan fingerprint density at radius 1 is 1.00 bits per heavy atom. The Kier molecular flexibility index (Phi) is 3.81. The van der Waals surface area contributed by atoms with E-state index in [0.717, 1.165) is 5.52 Å². The highest BCUT2D eigenvalue weighted by Crippen LogP contribution is 2.35. The van der Waals surface area contributed by atoms with Crippen molar-refractivity contribution in [3.8, 4) is 11.1 Å². The normalized spacial score (nSPS) is 16.8. The number of hydrogen-bond acceptors (Lipinski definition) is 2. The Hall–Kier alpha value is -2.26. The molecule has 3 aromatic rings. The van der Waals surface area contributed by atoms with Crippen molar-refractivity contribution in [3.05, 3.63) is 59.8 Å². The Morgan fingerprint density at radius 3 is 2.50 bits per heavy atom. The van der Waals surface area contributed by atoms with Crippen LogP contribution in [-0.2, 0) is 0 Å². The zero-order valence-electron chi connectivity index (χ0n) is 14.5. The number of piperidine rings is 1. The Labute approximate surface area is 143 Å². The van der Waals surface area contributed by atoms with E-state index in [-0.39, 0.29) is 0 Å². The van der Waals surface area contributed by atoms with Crippen LogP contribution in [0.2, 0.25) is 0 Å². The molecule has 1 saturated heterocycles. The van der Waals surface area contributed by atoms with E-state index in [4.69, 9.17) is 5.84 Å². The van der Waals surface area contributed by atoms with E-state index in [1.54, 1.807) is 4.68 Å². The van der Waals surface area contributed by atoms with Crippen molar-refractivity contribution in [1.29, 1.82) is 0 Å². The van der Waals surface area contributed by atoms with E-state index in [1.165, 1.54) is 53.6 Å². The first-order valence-electron chi connectivity index (χ1n) is 8.77. The molecule has 0 radical (unpaired) electrons. The molecular weight excluding hydrogens is 294 g/mol. The molecular formula is C21H25N3. The zero-order chi connectivity index (χ0) is 16.7. The fourth-order valence-corrected chi connectivity index (χ4v) is 3.93. The summed E-state index contributed by atoms with van der Waals surface area (Å²) in [6.45, 7) is 4.47. The molecule has 0 atom stereocenters. The lowest BCUT2D eigenvalue weighted by atomic mass is 9.88. The molecule has 1 aliphatic rings. The molecule has 3 heteroatoms. The number of nitrogens with two attached hydrogens (primary N) is 1. The fourth-order valence-electron chi connectivity index (χ4n) is 3.93. The molecule has 4 rings (SSSR count).